The van der Waals surface area contributed by atoms with E-state index >= 15 is 0 Å². The van der Waals surface area contributed by atoms with Gasteiger partial charge in [0.1, 0.15) is 0 Å². The zero-order valence-electron chi connectivity index (χ0n) is 7.62. The van der Waals surface area contributed by atoms with E-state index < -0.39 is 0 Å². The Morgan fingerprint density at radius 3 is 2.92 bits per heavy atom. The van der Waals surface area contributed by atoms with E-state index in [-0.39, 0.29) is 12.1 Å². The van der Waals surface area contributed by atoms with Gasteiger partial charge < -0.3 is 10.5 Å². The largest absolute Gasteiger partial charge is 0.372 e. The molecular formula is C8H12BrN3O. The van der Waals surface area contributed by atoms with Crippen LogP contribution in [-0.2, 0) is 11.3 Å². The monoisotopic (exact) mass is 245 g/mol. The van der Waals surface area contributed by atoms with Crippen LogP contribution in [0.5, 0.6) is 0 Å². The van der Waals surface area contributed by atoms with Crippen molar-refractivity contribution >= 4 is 21.9 Å². The molecule has 0 aliphatic rings. The number of anilines is 1. The third kappa shape index (κ3) is 3.28. The average Bonchev–Trinajstić information content (AvgIpc) is 2.06. The Hall–Kier alpha value is -0.680. The van der Waals surface area contributed by atoms with Crippen LogP contribution in [0.2, 0.25) is 0 Å². The molecule has 0 radical (unpaired) electrons. The normalized spacial score (nSPS) is 10.8. The Balaban J connectivity index is 2.70. The van der Waals surface area contributed by atoms with Gasteiger partial charge in [0.25, 0.3) is 0 Å². The molecule has 0 atom stereocenters. The standard InChI is InChI=1S/C8H12BrN3O/c1-5(2)13-4-7-6(9)3-11-8(10)12-7/h3,5H,4H2,1-2H3,(H2,10,11,12). The van der Waals surface area contributed by atoms with Crippen LogP contribution in [0.4, 0.5) is 5.95 Å². The van der Waals surface area contributed by atoms with E-state index in [1.807, 2.05) is 13.8 Å². The molecule has 13 heavy (non-hydrogen) atoms. The van der Waals surface area contributed by atoms with Crippen LogP contribution in [0, 0.1) is 0 Å². The second-order valence-corrected chi connectivity index (χ2v) is 3.74. The number of aromatic nitrogens is 2. The maximum atomic E-state index is 5.44. The van der Waals surface area contributed by atoms with E-state index in [0.717, 1.165) is 10.2 Å². The van der Waals surface area contributed by atoms with Crippen LogP contribution < -0.4 is 5.73 Å². The van der Waals surface area contributed by atoms with Crippen LogP contribution in [0.1, 0.15) is 19.5 Å². The summed E-state index contributed by atoms with van der Waals surface area (Å²) in [6, 6.07) is 0. The molecule has 0 saturated heterocycles. The SMILES string of the molecule is CC(C)OCc1nc(N)ncc1Br. The van der Waals surface area contributed by atoms with Crippen LogP contribution in [-0.4, -0.2) is 16.1 Å². The zero-order chi connectivity index (χ0) is 9.84. The number of halogens is 1. The second-order valence-electron chi connectivity index (χ2n) is 2.88. The first-order chi connectivity index (χ1) is 6.09. The van der Waals surface area contributed by atoms with E-state index in [4.69, 9.17) is 10.5 Å². The molecule has 1 rings (SSSR count). The summed E-state index contributed by atoms with van der Waals surface area (Å²) in [6.45, 7) is 4.39. The molecule has 0 aromatic carbocycles. The van der Waals surface area contributed by atoms with E-state index in [1.54, 1.807) is 6.20 Å². The predicted molar refractivity (Wildman–Crippen MR) is 54.1 cm³/mol. The van der Waals surface area contributed by atoms with Gasteiger partial charge in [-0.15, -0.1) is 0 Å². The quantitative estimate of drug-likeness (QED) is 0.882. The van der Waals surface area contributed by atoms with Gasteiger partial charge in [0.15, 0.2) is 0 Å². The van der Waals surface area contributed by atoms with Crippen molar-refractivity contribution in [1.29, 1.82) is 0 Å². The van der Waals surface area contributed by atoms with Gasteiger partial charge in [0.05, 0.1) is 22.9 Å². The summed E-state index contributed by atoms with van der Waals surface area (Å²) < 4.78 is 6.21. The summed E-state index contributed by atoms with van der Waals surface area (Å²) in [5.74, 6) is 0.269. The lowest BCUT2D eigenvalue weighted by molar-refractivity contribution is 0.0632. The molecule has 0 saturated carbocycles. The van der Waals surface area contributed by atoms with Gasteiger partial charge in [0.2, 0.25) is 5.95 Å². The van der Waals surface area contributed by atoms with Crippen molar-refractivity contribution in [1.82, 2.24) is 9.97 Å². The highest BCUT2D eigenvalue weighted by molar-refractivity contribution is 9.10. The maximum absolute atomic E-state index is 5.44. The first-order valence-electron chi connectivity index (χ1n) is 3.98. The molecular weight excluding hydrogens is 234 g/mol. The molecule has 0 spiro atoms. The first-order valence-corrected chi connectivity index (χ1v) is 4.77. The molecule has 72 valence electrons. The van der Waals surface area contributed by atoms with Gasteiger partial charge in [-0.05, 0) is 29.8 Å². The Kier molecular flexibility index (Phi) is 3.62. The lowest BCUT2D eigenvalue weighted by Crippen LogP contribution is -2.06. The van der Waals surface area contributed by atoms with E-state index in [9.17, 15) is 0 Å². The van der Waals surface area contributed by atoms with Gasteiger partial charge in [-0.25, -0.2) is 9.97 Å². The van der Waals surface area contributed by atoms with Crippen LogP contribution >= 0.6 is 15.9 Å². The molecule has 2 N–H and O–H groups in total. The fourth-order valence-corrected chi connectivity index (χ4v) is 1.07. The Labute approximate surface area is 85.7 Å². The van der Waals surface area contributed by atoms with Crippen molar-refractivity contribution in [2.24, 2.45) is 0 Å². The zero-order valence-corrected chi connectivity index (χ0v) is 9.21. The van der Waals surface area contributed by atoms with Crippen molar-refractivity contribution in [2.75, 3.05) is 5.73 Å². The summed E-state index contributed by atoms with van der Waals surface area (Å²) >= 11 is 3.32. The van der Waals surface area contributed by atoms with Crippen LogP contribution in [0.15, 0.2) is 10.7 Å². The highest BCUT2D eigenvalue weighted by Crippen LogP contribution is 2.15. The number of nitrogens with two attached hydrogens (primary N) is 1. The minimum Gasteiger partial charge on any atom is -0.372 e. The van der Waals surface area contributed by atoms with Crippen molar-refractivity contribution in [3.8, 4) is 0 Å². The average molecular weight is 246 g/mol. The summed E-state index contributed by atoms with van der Waals surface area (Å²) in [6.07, 6.45) is 1.81. The predicted octanol–water partition coefficient (Wildman–Crippen LogP) is 1.75. The number of hydrogen-bond acceptors (Lipinski definition) is 4. The van der Waals surface area contributed by atoms with Crippen LogP contribution in [0.25, 0.3) is 0 Å². The summed E-state index contributed by atoms with van der Waals surface area (Å²) in [5, 5.41) is 0. The highest BCUT2D eigenvalue weighted by Gasteiger charge is 2.04. The van der Waals surface area contributed by atoms with Crippen molar-refractivity contribution < 1.29 is 4.74 Å². The molecule has 0 bridgehead atoms. The van der Waals surface area contributed by atoms with E-state index in [0.29, 0.717) is 6.61 Å². The number of nitrogen functional groups attached to an aromatic ring is 1. The smallest absolute Gasteiger partial charge is 0.220 e. The molecule has 0 amide bonds. The minimum absolute atomic E-state index is 0.183. The molecule has 0 aliphatic carbocycles. The molecule has 4 nitrogen and oxygen atoms in total. The molecule has 5 heteroatoms. The lowest BCUT2D eigenvalue weighted by Gasteiger charge is -2.08. The van der Waals surface area contributed by atoms with Gasteiger partial charge >= 0.3 is 0 Å². The number of hydrogen-bond donors (Lipinski definition) is 1. The second kappa shape index (κ2) is 4.53. The van der Waals surface area contributed by atoms with Gasteiger partial charge in [-0.3, -0.25) is 0 Å². The van der Waals surface area contributed by atoms with Gasteiger partial charge in [-0.2, -0.15) is 0 Å². The number of rotatable bonds is 3. The van der Waals surface area contributed by atoms with Gasteiger partial charge in [-0.1, -0.05) is 0 Å². The fourth-order valence-electron chi connectivity index (χ4n) is 0.765. The first kappa shape index (κ1) is 10.4. The van der Waals surface area contributed by atoms with Gasteiger partial charge in [0, 0.05) is 6.20 Å². The number of nitrogens with zero attached hydrogens (tertiary/aromatic N) is 2. The Morgan fingerprint density at radius 2 is 2.31 bits per heavy atom. The summed E-state index contributed by atoms with van der Waals surface area (Å²) in [4.78, 5) is 7.87. The molecule has 0 unspecified atom stereocenters. The van der Waals surface area contributed by atoms with E-state index in [1.165, 1.54) is 0 Å². The highest BCUT2D eigenvalue weighted by atomic mass is 79.9. The Morgan fingerprint density at radius 1 is 1.62 bits per heavy atom. The summed E-state index contributed by atoms with van der Waals surface area (Å²) in [5.41, 5.74) is 6.21. The van der Waals surface area contributed by atoms with Crippen molar-refractivity contribution in [3.63, 3.8) is 0 Å². The van der Waals surface area contributed by atoms with Crippen molar-refractivity contribution in [2.45, 2.75) is 26.6 Å². The van der Waals surface area contributed by atoms with Crippen molar-refractivity contribution in [3.05, 3.63) is 16.4 Å². The third-order valence-electron chi connectivity index (χ3n) is 1.39. The molecule has 1 aromatic rings. The number of ether oxygens (including phenoxy) is 1. The maximum Gasteiger partial charge on any atom is 0.220 e. The topological polar surface area (TPSA) is 61.0 Å². The summed E-state index contributed by atoms with van der Waals surface area (Å²) in [7, 11) is 0. The third-order valence-corrected chi connectivity index (χ3v) is 2.05. The molecule has 1 aromatic heterocycles. The fraction of sp³-hybridized carbons (Fsp3) is 0.500. The molecule has 1 heterocycles. The Bertz CT molecular complexity index is 291. The molecule has 0 fully saturated rings. The lowest BCUT2D eigenvalue weighted by atomic mass is 10.4. The minimum atomic E-state index is 0.183. The molecule has 0 aliphatic heterocycles. The van der Waals surface area contributed by atoms with E-state index in [2.05, 4.69) is 25.9 Å². The van der Waals surface area contributed by atoms with Crippen LogP contribution in [0.3, 0.4) is 0 Å².